The van der Waals surface area contributed by atoms with Gasteiger partial charge in [-0.05, 0) is 25.5 Å². The minimum Gasteiger partial charge on any atom is -0.485 e. The molecule has 0 fully saturated rings. The van der Waals surface area contributed by atoms with Gasteiger partial charge in [0.1, 0.15) is 11.4 Å². The number of ether oxygens (including phenoxy) is 1. The first-order chi connectivity index (χ1) is 7.40. The smallest absolute Gasteiger partial charge is 0.129 e. The van der Waals surface area contributed by atoms with Crippen LogP contribution in [0.15, 0.2) is 18.2 Å². The molecule has 1 atom stereocenters. The molecule has 2 rings (SSSR count). The van der Waals surface area contributed by atoms with Crippen LogP contribution in [0, 0.1) is 0 Å². The first kappa shape index (κ1) is 11.3. The van der Waals surface area contributed by atoms with Crippen LogP contribution in [0.1, 0.15) is 19.4 Å². The third kappa shape index (κ3) is 1.87. The van der Waals surface area contributed by atoms with Gasteiger partial charge in [-0.1, -0.05) is 6.07 Å². The van der Waals surface area contributed by atoms with Crippen LogP contribution in [0.4, 0.5) is 5.69 Å². The van der Waals surface area contributed by atoms with E-state index in [2.05, 4.69) is 0 Å². The van der Waals surface area contributed by atoms with Crippen molar-refractivity contribution in [3.05, 3.63) is 23.8 Å². The van der Waals surface area contributed by atoms with E-state index in [4.69, 9.17) is 4.74 Å². The van der Waals surface area contributed by atoms with Crippen molar-refractivity contribution in [2.75, 3.05) is 19.0 Å². The summed E-state index contributed by atoms with van der Waals surface area (Å²) < 4.78 is 5.85. The second kappa shape index (κ2) is 3.67. The Morgan fingerprint density at radius 3 is 2.69 bits per heavy atom. The molecular formula is C13H19NO2. The molecule has 0 aromatic heterocycles. The second-order valence-corrected chi connectivity index (χ2v) is 5.11. The molecule has 0 bridgehead atoms. The molecule has 16 heavy (non-hydrogen) atoms. The van der Waals surface area contributed by atoms with Gasteiger partial charge in [0.15, 0.2) is 0 Å². The maximum absolute atomic E-state index is 9.93. The Morgan fingerprint density at radius 1 is 1.38 bits per heavy atom. The van der Waals surface area contributed by atoms with Crippen LogP contribution in [0.25, 0.3) is 0 Å². The standard InChI is InChI=1S/C13H19NO2/c1-13(2)12(15)7-9-5-6-10(14(3)4)8-11(9)16-13/h5-6,8,12,15H,7H2,1-4H3/t12-/m1/s1. The van der Waals surface area contributed by atoms with Crippen molar-refractivity contribution in [1.29, 1.82) is 0 Å². The quantitative estimate of drug-likeness (QED) is 0.785. The minimum absolute atomic E-state index is 0.440. The van der Waals surface area contributed by atoms with Gasteiger partial charge in [-0.2, -0.15) is 0 Å². The number of benzene rings is 1. The Bertz CT molecular complexity index is 399. The summed E-state index contributed by atoms with van der Waals surface area (Å²) in [7, 11) is 4.01. The van der Waals surface area contributed by atoms with E-state index < -0.39 is 11.7 Å². The topological polar surface area (TPSA) is 32.7 Å². The molecule has 0 amide bonds. The van der Waals surface area contributed by atoms with E-state index in [1.165, 1.54) is 0 Å². The number of rotatable bonds is 1. The van der Waals surface area contributed by atoms with Gasteiger partial charge in [-0.25, -0.2) is 0 Å². The van der Waals surface area contributed by atoms with Crippen molar-refractivity contribution >= 4 is 5.69 Å². The van der Waals surface area contributed by atoms with Crippen molar-refractivity contribution in [3.8, 4) is 5.75 Å². The van der Waals surface area contributed by atoms with Crippen LogP contribution in [-0.4, -0.2) is 30.9 Å². The number of aliphatic hydroxyl groups excluding tert-OH is 1. The molecule has 3 nitrogen and oxygen atoms in total. The Hall–Kier alpha value is -1.22. The van der Waals surface area contributed by atoms with E-state index in [0.717, 1.165) is 17.0 Å². The molecule has 0 unspecified atom stereocenters. The lowest BCUT2D eigenvalue weighted by Crippen LogP contribution is -2.46. The first-order valence-corrected chi connectivity index (χ1v) is 5.57. The lowest BCUT2D eigenvalue weighted by Gasteiger charge is -2.37. The summed E-state index contributed by atoms with van der Waals surface area (Å²) in [5.41, 5.74) is 1.70. The van der Waals surface area contributed by atoms with E-state index >= 15 is 0 Å². The van der Waals surface area contributed by atoms with Gasteiger partial charge in [-0.3, -0.25) is 0 Å². The average Bonchev–Trinajstić information content (AvgIpc) is 2.18. The van der Waals surface area contributed by atoms with Gasteiger partial charge in [0.05, 0.1) is 6.10 Å². The van der Waals surface area contributed by atoms with Crippen molar-refractivity contribution in [1.82, 2.24) is 0 Å². The molecule has 88 valence electrons. The predicted molar refractivity (Wildman–Crippen MR) is 65.2 cm³/mol. The molecule has 1 aliphatic heterocycles. The highest BCUT2D eigenvalue weighted by molar-refractivity contribution is 5.54. The van der Waals surface area contributed by atoms with Crippen LogP contribution < -0.4 is 9.64 Å². The largest absolute Gasteiger partial charge is 0.485 e. The van der Waals surface area contributed by atoms with Gasteiger partial charge in [0, 0.05) is 32.3 Å². The number of fused-ring (bicyclic) bond motifs is 1. The van der Waals surface area contributed by atoms with Crippen LogP contribution >= 0.6 is 0 Å². The van der Waals surface area contributed by atoms with Gasteiger partial charge in [0.25, 0.3) is 0 Å². The van der Waals surface area contributed by atoms with Gasteiger partial charge in [-0.15, -0.1) is 0 Å². The molecule has 0 saturated carbocycles. The maximum atomic E-state index is 9.93. The van der Waals surface area contributed by atoms with Crippen LogP contribution in [0.3, 0.4) is 0 Å². The fourth-order valence-electron chi connectivity index (χ4n) is 1.89. The zero-order valence-corrected chi connectivity index (χ0v) is 10.3. The first-order valence-electron chi connectivity index (χ1n) is 5.57. The molecular weight excluding hydrogens is 202 g/mol. The highest BCUT2D eigenvalue weighted by Crippen LogP contribution is 2.35. The lowest BCUT2D eigenvalue weighted by molar-refractivity contribution is -0.0410. The van der Waals surface area contributed by atoms with Crippen molar-refractivity contribution < 1.29 is 9.84 Å². The van der Waals surface area contributed by atoms with E-state index in [1.54, 1.807) is 0 Å². The van der Waals surface area contributed by atoms with Gasteiger partial charge >= 0.3 is 0 Å². The second-order valence-electron chi connectivity index (χ2n) is 5.11. The third-order valence-corrected chi connectivity index (χ3v) is 3.16. The average molecular weight is 221 g/mol. The van der Waals surface area contributed by atoms with Crippen molar-refractivity contribution in [2.45, 2.75) is 32.0 Å². The molecule has 1 heterocycles. The normalized spacial score (nSPS) is 22.2. The van der Waals surface area contributed by atoms with Crippen molar-refractivity contribution in [2.24, 2.45) is 0 Å². The molecule has 0 aliphatic carbocycles. The minimum atomic E-state index is -0.502. The Balaban J connectivity index is 2.38. The third-order valence-electron chi connectivity index (χ3n) is 3.16. The molecule has 0 spiro atoms. The molecule has 1 aromatic carbocycles. The monoisotopic (exact) mass is 221 g/mol. The summed E-state index contributed by atoms with van der Waals surface area (Å²) >= 11 is 0. The fourth-order valence-corrected chi connectivity index (χ4v) is 1.89. The summed E-state index contributed by atoms with van der Waals surface area (Å²) in [4.78, 5) is 2.04. The Kier molecular flexibility index (Phi) is 2.58. The van der Waals surface area contributed by atoms with E-state index in [1.807, 2.05) is 51.0 Å². The van der Waals surface area contributed by atoms with Gasteiger partial charge in [0.2, 0.25) is 0 Å². The van der Waals surface area contributed by atoms with Crippen LogP contribution in [-0.2, 0) is 6.42 Å². The summed E-state index contributed by atoms with van der Waals surface area (Å²) in [6.07, 6.45) is 0.223. The number of anilines is 1. The number of aliphatic hydroxyl groups is 1. The van der Waals surface area contributed by atoms with E-state index in [-0.39, 0.29) is 0 Å². The Morgan fingerprint density at radius 2 is 2.06 bits per heavy atom. The molecule has 1 aliphatic rings. The zero-order chi connectivity index (χ0) is 11.9. The summed E-state index contributed by atoms with van der Waals surface area (Å²) in [5.74, 6) is 0.890. The highest BCUT2D eigenvalue weighted by Gasteiger charge is 2.35. The van der Waals surface area contributed by atoms with Crippen LogP contribution in [0.2, 0.25) is 0 Å². The highest BCUT2D eigenvalue weighted by atomic mass is 16.5. The predicted octanol–water partition coefficient (Wildman–Crippen LogP) is 1.83. The SMILES string of the molecule is CN(C)c1ccc2c(c1)OC(C)(C)[C@H](O)C2. The van der Waals surface area contributed by atoms with Gasteiger partial charge < -0.3 is 14.7 Å². The van der Waals surface area contributed by atoms with E-state index in [0.29, 0.717) is 6.42 Å². The number of hydrogen-bond acceptors (Lipinski definition) is 3. The van der Waals surface area contributed by atoms with Crippen LogP contribution in [0.5, 0.6) is 5.75 Å². The van der Waals surface area contributed by atoms with E-state index in [9.17, 15) is 5.11 Å². The number of nitrogens with zero attached hydrogens (tertiary/aromatic N) is 1. The lowest BCUT2D eigenvalue weighted by atomic mass is 9.91. The maximum Gasteiger partial charge on any atom is 0.129 e. The number of hydrogen-bond donors (Lipinski definition) is 1. The fraction of sp³-hybridized carbons (Fsp3) is 0.538. The molecule has 1 N–H and O–H groups in total. The molecule has 3 heteroatoms. The molecule has 0 radical (unpaired) electrons. The van der Waals surface area contributed by atoms with Crippen molar-refractivity contribution in [3.63, 3.8) is 0 Å². The summed E-state index contributed by atoms with van der Waals surface area (Å²) in [6, 6.07) is 6.11. The molecule has 0 saturated heterocycles. The zero-order valence-electron chi connectivity index (χ0n) is 10.3. The molecule has 1 aromatic rings. The summed E-state index contributed by atoms with van der Waals surface area (Å²) in [6.45, 7) is 3.84. The summed E-state index contributed by atoms with van der Waals surface area (Å²) in [5, 5.41) is 9.93. The Labute approximate surface area is 96.6 Å².